The van der Waals surface area contributed by atoms with Gasteiger partial charge in [-0.25, -0.2) is 9.29 Å². The Morgan fingerprint density at radius 3 is 2.63 bits per heavy atom. The molecule has 0 aromatic carbocycles. The summed E-state index contributed by atoms with van der Waals surface area (Å²) in [7, 11) is 0. The number of aliphatic hydroxyl groups is 2. The van der Waals surface area contributed by atoms with Gasteiger partial charge in [0.25, 0.3) is 0 Å². The Morgan fingerprint density at radius 2 is 2.00 bits per heavy atom. The van der Waals surface area contributed by atoms with E-state index in [1.165, 1.54) is 4.90 Å². The number of alkyl halides is 1. The minimum Gasteiger partial charge on any atom is -0.353 e. The Hall–Kier alpha value is -0.270. The van der Waals surface area contributed by atoms with Crippen LogP contribution in [0, 0.1) is 0 Å². The van der Waals surface area contributed by atoms with E-state index in [4.69, 9.17) is 0 Å². The Morgan fingerprint density at radius 1 is 1.26 bits per heavy atom. The number of nitrogens with one attached hydrogen (secondary N) is 1. The molecule has 6 heteroatoms. The van der Waals surface area contributed by atoms with Gasteiger partial charge in [-0.1, -0.05) is 0 Å². The molecule has 2 fully saturated rings. The van der Waals surface area contributed by atoms with Crippen molar-refractivity contribution in [3.63, 3.8) is 0 Å². The fourth-order valence-electron chi connectivity index (χ4n) is 3.07. The Bertz CT molecular complexity index is 302. The maximum Gasteiger partial charge on any atom is 0.226 e. The zero-order chi connectivity index (χ0) is 14.0. The van der Waals surface area contributed by atoms with Gasteiger partial charge in [0.15, 0.2) is 0 Å². The Kier molecular flexibility index (Phi) is 4.79. The topological polar surface area (TPSA) is 59.0 Å². The normalized spacial score (nSPS) is 34.4. The number of hydrogen-bond donors (Lipinski definition) is 3. The molecule has 112 valence electrons. The quantitative estimate of drug-likeness (QED) is 0.606. The lowest BCUT2D eigenvalue weighted by molar-refractivity contribution is -0.281. The van der Waals surface area contributed by atoms with Gasteiger partial charge < -0.3 is 15.5 Å². The van der Waals surface area contributed by atoms with Gasteiger partial charge in [0.1, 0.15) is 6.17 Å². The van der Waals surface area contributed by atoms with Crippen molar-refractivity contribution in [3.8, 4) is 0 Å². The Labute approximate surface area is 114 Å². The number of hydrogen-bond acceptors (Lipinski definition) is 5. The molecular formula is C13H26FN3O2. The van der Waals surface area contributed by atoms with Crippen molar-refractivity contribution >= 4 is 0 Å². The second kappa shape index (κ2) is 6.01. The molecule has 2 heterocycles. The predicted molar refractivity (Wildman–Crippen MR) is 71.4 cm³/mol. The van der Waals surface area contributed by atoms with Gasteiger partial charge in [0.05, 0.1) is 0 Å². The third kappa shape index (κ3) is 3.44. The van der Waals surface area contributed by atoms with Crippen molar-refractivity contribution < 1.29 is 14.6 Å². The van der Waals surface area contributed by atoms with Crippen molar-refractivity contribution in [3.05, 3.63) is 0 Å². The highest BCUT2D eigenvalue weighted by Crippen LogP contribution is 2.27. The monoisotopic (exact) mass is 275 g/mol. The number of halogens is 1. The third-order valence-electron chi connectivity index (χ3n) is 4.30. The highest BCUT2D eigenvalue weighted by molar-refractivity contribution is 4.92. The average Bonchev–Trinajstić information content (AvgIpc) is 2.50. The van der Waals surface area contributed by atoms with E-state index in [1.54, 1.807) is 0 Å². The molecule has 0 amide bonds. The van der Waals surface area contributed by atoms with E-state index in [0.717, 1.165) is 6.54 Å². The van der Waals surface area contributed by atoms with Gasteiger partial charge in [-0.05, 0) is 20.3 Å². The molecule has 2 saturated heterocycles. The molecule has 0 radical (unpaired) electrons. The second-order valence-corrected chi connectivity index (χ2v) is 5.93. The van der Waals surface area contributed by atoms with Crippen LogP contribution < -0.4 is 5.32 Å². The van der Waals surface area contributed by atoms with Crippen LogP contribution in [0.4, 0.5) is 4.39 Å². The second-order valence-electron chi connectivity index (χ2n) is 5.93. The SMILES string of the molecule is CC(C)N1CCC(N2CCNCCC2(O)O)C(F)C1. The van der Waals surface area contributed by atoms with E-state index in [-0.39, 0.29) is 6.42 Å². The zero-order valence-corrected chi connectivity index (χ0v) is 11.8. The summed E-state index contributed by atoms with van der Waals surface area (Å²) in [6.07, 6.45) is -0.181. The lowest BCUT2D eigenvalue weighted by Crippen LogP contribution is -2.61. The minimum absolute atomic E-state index is 0.212. The molecule has 2 atom stereocenters. The number of nitrogens with zero attached hydrogens (tertiary/aromatic N) is 2. The predicted octanol–water partition coefficient (Wildman–Crippen LogP) is -0.259. The van der Waals surface area contributed by atoms with Crippen LogP contribution in [-0.4, -0.2) is 76.9 Å². The minimum atomic E-state index is -1.89. The first-order valence-corrected chi connectivity index (χ1v) is 7.22. The van der Waals surface area contributed by atoms with E-state index in [2.05, 4.69) is 24.1 Å². The smallest absolute Gasteiger partial charge is 0.226 e. The van der Waals surface area contributed by atoms with Crippen LogP contribution in [-0.2, 0) is 0 Å². The molecule has 0 aliphatic carbocycles. The van der Waals surface area contributed by atoms with Crippen LogP contribution in [0.25, 0.3) is 0 Å². The lowest BCUT2D eigenvalue weighted by atomic mass is 9.99. The molecule has 2 aliphatic heterocycles. The summed E-state index contributed by atoms with van der Waals surface area (Å²) in [6.45, 7) is 6.99. The van der Waals surface area contributed by atoms with Crippen molar-refractivity contribution in [2.75, 3.05) is 32.7 Å². The molecule has 0 bridgehead atoms. The molecule has 2 aliphatic rings. The molecule has 5 nitrogen and oxygen atoms in total. The van der Waals surface area contributed by atoms with Crippen molar-refractivity contribution in [2.24, 2.45) is 0 Å². The first kappa shape index (κ1) is 15.1. The highest BCUT2D eigenvalue weighted by Gasteiger charge is 2.43. The summed E-state index contributed by atoms with van der Waals surface area (Å²) in [6, 6.07) is -0.0667. The maximum absolute atomic E-state index is 14.4. The summed E-state index contributed by atoms with van der Waals surface area (Å²) < 4.78 is 14.4. The highest BCUT2D eigenvalue weighted by atomic mass is 19.1. The van der Waals surface area contributed by atoms with Crippen LogP contribution in [0.1, 0.15) is 26.7 Å². The summed E-state index contributed by atoms with van der Waals surface area (Å²) >= 11 is 0. The maximum atomic E-state index is 14.4. The molecule has 2 rings (SSSR count). The van der Waals surface area contributed by atoms with Crippen LogP contribution in [0.15, 0.2) is 0 Å². The summed E-state index contributed by atoms with van der Waals surface area (Å²) in [5, 5.41) is 23.4. The van der Waals surface area contributed by atoms with E-state index in [9.17, 15) is 14.6 Å². The van der Waals surface area contributed by atoms with Gasteiger partial charge in [-0.3, -0.25) is 4.90 Å². The van der Waals surface area contributed by atoms with Gasteiger partial charge in [0.2, 0.25) is 5.91 Å². The van der Waals surface area contributed by atoms with Gasteiger partial charge in [-0.2, -0.15) is 0 Å². The molecule has 0 aromatic heterocycles. The third-order valence-corrected chi connectivity index (χ3v) is 4.30. The van der Waals surface area contributed by atoms with Crippen molar-refractivity contribution in [1.82, 2.24) is 15.1 Å². The van der Waals surface area contributed by atoms with E-state index in [1.807, 2.05) is 0 Å². The molecule has 0 spiro atoms. The molecule has 19 heavy (non-hydrogen) atoms. The molecule has 0 saturated carbocycles. The van der Waals surface area contributed by atoms with E-state index in [0.29, 0.717) is 38.6 Å². The van der Waals surface area contributed by atoms with E-state index < -0.39 is 18.1 Å². The van der Waals surface area contributed by atoms with Crippen LogP contribution in [0.5, 0.6) is 0 Å². The van der Waals surface area contributed by atoms with Crippen LogP contribution in [0.2, 0.25) is 0 Å². The first-order chi connectivity index (χ1) is 8.92. The summed E-state index contributed by atoms with van der Waals surface area (Å²) in [4.78, 5) is 3.64. The summed E-state index contributed by atoms with van der Waals surface area (Å²) in [5.74, 6) is -1.89. The van der Waals surface area contributed by atoms with E-state index >= 15 is 0 Å². The number of likely N-dealkylation sites (tertiary alicyclic amines) is 1. The fourth-order valence-corrected chi connectivity index (χ4v) is 3.07. The van der Waals surface area contributed by atoms with Gasteiger partial charge in [-0.15, -0.1) is 0 Å². The van der Waals surface area contributed by atoms with Gasteiger partial charge in [0, 0.05) is 51.2 Å². The van der Waals surface area contributed by atoms with Gasteiger partial charge >= 0.3 is 0 Å². The number of rotatable bonds is 2. The largest absolute Gasteiger partial charge is 0.353 e. The molecular weight excluding hydrogens is 249 g/mol. The fraction of sp³-hybridized carbons (Fsp3) is 1.00. The molecule has 3 N–H and O–H groups in total. The first-order valence-electron chi connectivity index (χ1n) is 7.22. The van der Waals surface area contributed by atoms with Crippen molar-refractivity contribution in [1.29, 1.82) is 0 Å². The molecule has 2 unspecified atom stereocenters. The average molecular weight is 275 g/mol. The lowest BCUT2D eigenvalue weighted by Gasteiger charge is -2.45. The standard InChI is InChI=1S/C13H26FN3O2/c1-10(2)16-7-3-12(11(14)9-16)17-8-6-15-5-4-13(17,18)19/h10-12,15,18-19H,3-9H2,1-2H3. The summed E-state index contributed by atoms with van der Waals surface area (Å²) in [5.41, 5.74) is 0. The molecule has 0 aromatic rings. The van der Waals surface area contributed by atoms with Crippen molar-refractivity contribution in [2.45, 2.75) is 50.9 Å². The number of piperidine rings is 1. The Balaban J connectivity index is 2.04. The zero-order valence-electron chi connectivity index (χ0n) is 11.8. The van der Waals surface area contributed by atoms with Crippen LogP contribution in [0.3, 0.4) is 0 Å². The van der Waals surface area contributed by atoms with Crippen LogP contribution >= 0.6 is 0 Å².